The largest absolute Gasteiger partial charge is 0.366 e. The topological polar surface area (TPSA) is 27.6 Å². The summed E-state index contributed by atoms with van der Waals surface area (Å²) in [6.45, 7) is 2.12. The van der Waals surface area contributed by atoms with Crippen molar-refractivity contribution in [3.05, 3.63) is 0 Å². The lowest BCUT2D eigenvalue weighted by Crippen LogP contribution is -2.14. The molecule has 3 nitrogen and oxygen atoms in total. The van der Waals surface area contributed by atoms with Gasteiger partial charge in [-0.05, 0) is 6.92 Å². The molecule has 1 aliphatic rings. The molecule has 1 N–H and O–H groups in total. The Morgan fingerprint density at radius 2 is 2.44 bits per heavy atom. The highest BCUT2D eigenvalue weighted by Crippen LogP contribution is 2.21. The predicted molar refractivity (Wildman–Crippen MR) is 41.3 cm³/mol. The van der Waals surface area contributed by atoms with E-state index in [0.29, 0.717) is 5.37 Å². The molecule has 4 heteroatoms. The van der Waals surface area contributed by atoms with Gasteiger partial charge in [-0.15, -0.1) is 0 Å². The molecule has 0 aromatic heterocycles. The van der Waals surface area contributed by atoms with Gasteiger partial charge in [-0.3, -0.25) is 5.01 Å². The number of amidine groups is 1. The van der Waals surface area contributed by atoms with E-state index in [-0.39, 0.29) is 0 Å². The Kier molecular flexibility index (Phi) is 1.85. The minimum Gasteiger partial charge on any atom is -0.366 e. The lowest BCUT2D eigenvalue weighted by molar-refractivity contribution is 0.356. The Morgan fingerprint density at radius 1 is 1.78 bits per heavy atom. The molecule has 1 heterocycles. The lowest BCUT2D eigenvalue weighted by Gasteiger charge is -2.09. The maximum atomic E-state index is 4.19. The molecule has 0 aliphatic carbocycles. The molecule has 1 unspecified atom stereocenters. The number of nitrogens with zero attached hydrogens (tertiary/aromatic N) is 2. The molecule has 0 saturated heterocycles. The van der Waals surface area contributed by atoms with Crippen molar-refractivity contribution in [3.63, 3.8) is 0 Å². The summed E-state index contributed by atoms with van der Waals surface area (Å²) < 4.78 is 0. The summed E-state index contributed by atoms with van der Waals surface area (Å²) in [5.41, 5.74) is 0. The van der Waals surface area contributed by atoms with Crippen LogP contribution in [0.3, 0.4) is 0 Å². The Labute approximate surface area is 59.5 Å². The van der Waals surface area contributed by atoms with Gasteiger partial charge in [0.1, 0.15) is 0 Å². The summed E-state index contributed by atoms with van der Waals surface area (Å²) >= 11 is 1.74. The van der Waals surface area contributed by atoms with Gasteiger partial charge in [0.25, 0.3) is 0 Å². The molecule has 0 aromatic rings. The fraction of sp³-hybridized carbons (Fsp3) is 0.800. The van der Waals surface area contributed by atoms with E-state index in [4.69, 9.17) is 0 Å². The second kappa shape index (κ2) is 2.47. The molecule has 1 rings (SSSR count). The summed E-state index contributed by atoms with van der Waals surface area (Å²) in [5, 5.41) is 10.6. The van der Waals surface area contributed by atoms with Gasteiger partial charge in [0.2, 0.25) is 0 Å². The number of hydrogen-bond donors (Lipinski definition) is 1. The van der Waals surface area contributed by atoms with Crippen LogP contribution >= 0.6 is 11.8 Å². The Bertz CT molecular complexity index is 134. The van der Waals surface area contributed by atoms with Crippen molar-refractivity contribution in [2.24, 2.45) is 5.10 Å². The van der Waals surface area contributed by atoms with E-state index in [1.165, 1.54) is 0 Å². The Balaban J connectivity index is 2.52. The fourth-order valence-electron chi connectivity index (χ4n) is 0.595. The summed E-state index contributed by atoms with van der Waals surface area (Å²) in [6.07, 6.45) is 0. The quantitative estimate of drug-likeness (QED) is 0.538. The van der Waals surface area contributed by atoms with Crippen molar-refractivity contribution in [2.45, 2.75) is 12.3 Å². The van der Waals surface area contributed by atoms with Gasteiger partial charge in [-0.1, -0.05) is 11.8 Å². The van der Waals surface area contributed by atoms with Crippen LogP contribution in [0.25, 0.3) is 0 Å². The van der Waals surface area contributed by atoms with Crippen LogP contribution in [0.4, 0.5) is 0 Å². The van der Waals surface area contributed by atoms with Crippen LogP contribution in [0, 0.1) is 0 Å². The van der Waals surface area contributed by atoms with Gasteiger partial charge < -0.3 is 5.32 Å². The van der Waals surface area contributed by atoms with Gasteiger partial charge in [0.05, 0.1) is 5.37 Å². The van der Waals surface area contributed by atoms with Crippen LogP contribution in [0.5, 0.6) is 0 Å². The highest BCUT2D eigenvalue weighted by Gasteiger charge is 2.17. The minimum atomic E-state index is 0.479. The van der Waals surface area contributed by atoms with Crippen LogP contribution in [0.1, 0.15) is 6.92 Å². The van der Waals surface area contributed by atoms with Crippen molar-refractivity contribution in [1.82, 2.24) is 10.3 Å². The molecule has 0 saturated carbocycles. The van der Waals surface area contributed by atoms with E-state index >= 15 is 0 Å². The van der Waals surface area contributed by atoms with Gasteiger partial charge in [0.15, 0.2) is 5.17 Å². The average Bonchev–Trinajstić information content (AvgIpc) is 2.13. The standard InChI is InChI=1S/C5H11N3S/c1-4-8(3)7-5(6-2)9-4/h4H,1-3H3,(H,6,7). The van der Waals surface area contributed by atoms with E-state index in [1.54, 1.807) is 11.8 Å². The first-order valence-corrected chi connectivity index (χ1v) is 3.78. The molecule has 0 fully saturated rings. The molecule has 52 valence electrons. The molecule has 0 spiro atoms. The minimum absolute atomic E-state index is 0.479. The number of hydrazone groups is 1. The Morgan fingerprint density at radius 3 is 2.67 bits per heavy atom. The number of rotatable bonds is 0. The summed E-state index contributed by atoms with van der Waals surface area (Å²) in [6, 6.07) is 0. The molecular formula is C5H11N3S. The average molecular weight is 145 g/mol. The normalized spacial score (nSPS) is 26.3. The third kappa shape index (κ3) is 1.30. The van der Waals surface area contributed by atoms with Crippen LogP contribution in [-0.2, 0) is 0 Å². The zero-order valence-electron chi connectivity index (χ0n) is 5.88. The van der Waals surface area contributed by atoms with Crippen molar-refractivity contribution in [1.29, 1.82) is 0 Å². The predicted octanol–water partition coefficient (Wildman–Crippen LogP) is 0.501. The molecular weight excluding hydrogens is 134 g/mol. The van der Waals surface area contributed by atoms with Crippen molar-refractivity contribution in [3.8, 4) is 0 Å². The van der Waals surface area contributed by atoms with Crippen LogP contribution < -0.4 is 5.32 Å². The number of hydrogen-bond acceptors (Lipinski definition) is 4. The van der Waals surface area contributed by atoms with Gasteiger partial charge >= 0.3 is 0 Å². The van der Waals surface area contributed by atoms with E-state index in [1.807, 2.05) is 19.1 Å². The van der Waals surface area contributed by atoms with Crippen molar-refractivity contribution >= 4 is 16.9 Å². The van der Waals surface area contributed by atoms with Gasteiger partial charge in [-0.25, -0.2) is 0 Å². The fourth-order valence-corrected chi connectivity index (χ4v) is 1.41. The maximum Gasteiger partial charge on any atom is 0.182 e. The number of thioether (sulfide) groups is 1. The lowest BCUT2D eigenvalue weighted by atomic mass is 10.7. The molecule has 9 heavy (non-hydrogen) atoms. The van der Waals surface area contributed by atoms with E-state index in [0.717, 1.165) is 5.17 Å². The molecule has 0 radical (unpaired) electrons. The third-order valence-corrected chi connectivity index (χ3v) is 2.43. The summed E-state index contributed by atoms with van der Waals surface area (Å²) in [4.78, 5) is 0. The van der Waals surface area contributed by atoms with E-state index < -0.39 is 0 Å². The summed E-state index contributed by atoms with van der Waals surface area (Å²) in [5.74, 6) is 0. The van der Waals surface area contributed by atoms with Crippen molar-refractivity contribution in [2.75, 3.05) is 14.1 Å². The van der Waals surface area contributed by atoms with Crippen LogP contribution in [0.2, 0.25) is 0 Å². The second-order valence-corrected chi connectivity index (χ2v) is 3.25. The molecule has 1 atom stereocenters. The number of nitrogens with one attached hydrogen (secondary N) is 1. The smallest absolute Gasteiger partial charge is 0.182 e. The van der Waals surface area contributed by atoms with Crippen LogP contribution in [-0.4, -0.2) is 29.6 Å². The SMILES string of the molecule is CNC1=NN(C)C(C)S1. The highest BCUT2D eigenvalue weighted by atomic mass is 32.2. The highest BCUT2D eigenvalue weighted by molar-refractivity contribution is 8.14. The first-order valence-electron chi connectivity index (χ1n) is 2.90. The first-order chi connectivity index (χ1) is 4.24. The van der Waals surface area contributed by atoms with Crippen LogP contribution in [0.15, 0.2) is 5.10 Å². The van der Waals surface area contributed by atoms with Gasteiger partial charge in [0, 0.05) is 14.1 Å². The zero-order chi connectivity index (χ0) is 6.85. The van der Waals surface area contributed by atoms with E-state index in [9.17, 15) is 0 Å². The van der Waals surface area contributed by atoms with Crippen molar-refractivity contribution < 1.29 is 0 Å². The molecule has 1 aliphatic heterocycles. The maximum absolute atomic E-state index is 4.19. The monoisotopic (exact) mass is 145 g/mol. The first kappa shape index (κ1) is 6.74. The third-order valence-electron chi connectivity index (χ3n) is 1.27. The van der Waals surface area contributed by atoms with E-state index in [2.05, 4.69) is 17.3 Å². The Hall–Kier alpha value is -0.380. The molecule has 0 amide bonds. The zero-order valence-corrected chi connectivity index (χ0v) is 6.70. The summed E-state index contributed by atoms with van der Waals surface area (Å²) in [7, 11) is 3.86. The second-order valence-electron chi connectivity index (χ2n) is 1.95. The molecule has 0 aromatic carbocycles. The molecule has 0 bridgehead atoms. The van der Waals surface area contributed by atoms with Gasteiger partial charge in [-0.2, -0.15) is 5.10 Å².